The number of aromatic nitrogens is 2. The van der Waals surface area contributed by atoms with Crippen LogP contribution in [0.4, 0.5) is 10.1 Å². The topological polar surface area (TPSA) is 72.7 Å². The number of esters is 1. The summed E-state index contributed by atoms with van der Waals surface area (Å²) in [7, 11) is 1.32. The molecule has 2 aromatic heterocycles. The molecule has 1 fully saturated rings. The van der Waals surface area contributed by atoms with Crippen molar-refractivity contribution < 1.29 is 18.7 Å². The number of carbonyl (C=O) groups is 2. The van der Waals surface area contributed by atoms with Crippen LogP contribution in [0.15, 0.2) is 36.5 Å². The number of pyridine rings is 1. The molecular formula is C23H24FN3O3. The fraction of sp³-hybridized carbons (Fsp3) is 0.348. The van der Waals surface area contributed by atoms with Crippen LogP contribution in [-0.4, -0.2) is 28.6 Å². The molecule has 0 radical (unpaired) electrons. The SMILES string of the molecule is COC(=O)c1c(-c2ccc(F)cc2)nn2cc(NC(=O)C(C)(C)C)c(C3CC3)cc12. The van der Waals surface area contributed by atoms with Gasteiger partial charge in [-0.05, 0) is 54.7 Å². The third kappa shape index (κ3) is 3.67. The lowest BCUT2D eigenvalue weighted by Gasteiger charge is -2.19. The maximum absolute atomic E-state index is 13.4. The van der Waals surface area contributed by atoms with E-state index in [9.17, 15) is 14.0 Å². The summed E-state index contributed by atoms with van der Waals surface area (Å²) < 4.78 is 20.0. The van der Waals surface area contributed by atoms with Gasteiger partial charge in [-0.2, -0.15) is 5.10 Å². The molecule has 30 heavy (non-hydrogen) atoms. The zero-order chi connectivity index (χ0) is 21.6. The highest BCUT2D eigenvalue weighted by atomic mass is 19.1. The van der Waals surface area contributed by atoms with Gasteiger partial charge in [0.1, 0.15) is 17.1 Å². The molecule has 0 spiro atoms. The summed E-state index contributed by atoms with van der Waals surface area (Å²) in [5.74, 6) is -0.648. The summed E-state index contributed by atoms with van der Waals surface area (Å²) in [6.45, 7) is 5.56. The number of amides is 1. The highest BCUT2D eigenvalue weighted by Gasteiger charge is 2.31. The molecule has 0 bridgehead atoms. The van der Waals surface area contributed by atoms with Crippen molar-refractivity contribution in [1.29, 1.82) is 0 Å². The van der Waals surface area contributed by atoms with Crippen molar-refractivity contribution in [3.63, 3.8) is 0 Å². The van der Waals surface area contributed by atoms with Crippen LogP contribution in [0.5, 0.6) is 0 Å². The number of halogens is 1. The highest BCUT2D eigenvalue weighted by Crippen LogP contribution is 2.45. The minimum Gasteiger partial charge on any atom is -0.465 e. The lowest BCUT2D eigenvalue weighted by Crippen LogP contribution is -2.28. The van der Waals surface area contributed by atoms with Crippen LogP contribution in [0.3, 0.4) is 0 Å². The van der Waals surface area contributed by atoms with Gasteiger partial charge in [-0.3, -0.25) is 4.79 Å². The van der Waals surface area contributed by atoms with Crippen LogP contribution >= 0.6 is 0 Å². The van der Waals surface area contributed by atoms with Gasteiger partial charge in [-0.15, -0.1) is 0 Å². The van der Waals surface area contributed by atoms with Gasteiger partial charge < -0.3 is 10.1 Å². The molecule has 1 saturated carbocycles. The third-order valence-corrected chi connectivity index (χ3v) is 5.26. The Kier molecular flexibility index (Phi) is 4.84. The number of nitrogens with zero attached hydrogens (tertiary/aromatic N) is 2. The standard InChI is InChI=1S/C23H24FN3O3/c1-23(2,3)22(29)25-17-12-27-18(11-16(17)13-5-6-13)19(21(28)30-4)20(26-27)14-7-9-15(24)10-8-14/h7-13H,5-6H2,1-4H3,(H,25,29). The Bertz CT molecular complexity index is 1140. The van der Waals surface area contributed by atoms with E-state index < -0.39 is 11.4 Å². The summed E-state index contributed by atoms with van der Waals surface area (Å²) in [4.78, 5) is 25.2. The van der Waals surface area contributed by atoms with E-state index in [2.05, 4.69) is 10.4 Å². The quantitative estimate of drug-likeness (QED) is 0.629. The maximum atomic E-state index is 13.4. The second kappa shape index (κ2) is 7.23. The number of hydrogen-bond acceptors (Lipinski definition) is 4. The number of benzene rings is 1. The van der Waals surface area contributed by atoms with Gasteiger partial charge in [0.2, 0.25) is 5.91 Å². The van der Waals surface area contributed by atoms with Crippen molar-refractivity contribution in [2.75, 3.05) is 12.4 Å². The van der Waals surface area contributed by atoms with Gasteiger partial charge in [-0.25, -0.2) is 13.7 Å². The molecule has 0 atom stereocenters. The summed E-state index contributed by atoms with van der Waals surface area (Å²) >= 11 is 0. The smallest absolute Gasteiger partial charge is 0.342 e. The monoisotopic (exact) mass is 409 g/mol. The van der Waals surface area contributed by atoms with Gasteiger partial charge in [-0.1, -0.05) is 20.8 Å². The van der Waals surface area contributed by atoms with Crippen LogP contribution < -0.4 is 5.32 Å². The molecule has 2 heterocycles. The van der Waals surface area contributed by atoms with Gasteiger partial charge in [0, 0.05) is 11.0 Å². The molecule has 0 saturated heterocycles. The Morgan fingerprint density at radius 3 is 2.43 bits per heavy atom. The molecule has 0 unspecified atom stereocenters. The molecular weight excluding hydrogens is 385 g/mol. The van der Waals surface area contributed by atoms with Crippen LogP contribution in [0.25, 0.3) is 16.8 Å². The first-order chi connectivity index (χ1) is 14.2. The van der Waals surface area contributed by atoms with E-state index >= 15 is 0 Å². The van der Waals surface area contributed by atoms with Gasteiger partial charge in [0.15, 0.2) is 0 Å². The molecule has 156 valence electrons. The average Bonchev–Trinajstić information content (AvgIpc) is 3.47. The summed E-state index contributed by atoms with van der Waals surface area (Å²) in [5, 5.41) is 7.59. The zero-order valence-electron chi connectivity index (χ0n) is 17.5. The fourth-order valence-corrected chi connectivity index (χ4v) is 3.37. The zero-order valence-corrected chi connectivity index (χ0v) is 17.5. The van der Waals surface area contributed by atoms with Crippen molar-refractivity contribution in [2.24, 2.45) is 5.41 Å². The molecule has 3 aromatic rings. The van der Waals surface area contributed by atoms with E-state index in [1.165, 1.54) is 19.2 Å². The molecule has 1 aromatic carbocycles. The normalized spacial score (nSPS) is 14.0. The molecule has 4 rings (SSSR count). The van der Waals surface area contributed by atoms with E-state index in [0.29, 0.717) is 33.9 Å². The number of ether oxygens (including phenoxy) is 1. The van der Waals surface area contributed by atoms with Gasteiger partial charge in [0.05, 0.1) is 24.5 Å². The number of anilines is 1. The first-order valence-corrected chi connectivity index (χ1v) is 9.91. The number of rotatable bonds is 4. The van der Waals surface area contributed by atoms with E-state index in [1.807, 2.05) is 26.8 Å². The Hall–Kier alpha value is -3.22. The van der Waals surface area contributed by atoms with E-state index in [1.54, 1.807) is 22.8 Å². The number of hydrogen-bond donors (Lipinski definition) is 1. The van der Waals surface area contributed by atoms with E-state index in [4.69, 9.17) is 4.74 Å². The molecule has 1 aliphatic carbocycles. The van der Waals surface area contributed by atoms with Crippen LogP contribution in [0.2, 0.25) is 0 Å². The number of methoxy groups -OCH3 is 1. The van der Waals surface area contributed by atoms with E-state index in [0.717, 1.165) is 18.4 Å². The molecule has 6 nitrogen and oxygen atoms in total. The Balaban J connectivity index is 1.91. The molecule has 0 aliphatic heterocycles. The van der Waals surface area contributed by atoms with Crippen LogP contribution in [0, 0.1) is 11.2 Å². The predicted octanol–water partition coefficient (Wildman–Crippen LogP) is 4.79. The molecule has 7 heteroatoms. The number of carbonyl (C=O) groups excluding carboxylic acids is 2. The molecule has 1 N–H and O–H groups in total. The van der Waals surface area contributed by atoms with Crippen molar-refractivity contribution >= 4 is 23.1 Å². The van der Waals surface area contributed by atoms with Crippen molar-refractivity contribution in [3.8, 4) is 11.3 Å². The predicted molar refractivity (Wildman–Crippen MR) is 112 cm³/mol. The lowest BCUT2D eigenvalue weighted by atomic mass is 9.95. The second-order valence-corrected chi connectivity index (χ2v) is 8.67. The number of nitrogens with one attached hydrogen (secondary N) is 1. The maximum Gasteiger partial charge on any atom is 0.342 e. The molecule has 1 aliphatic rings. The summed E-state index contributed by atoms with van der Waals surface area (Å²) in [6, 6.07) is 7.71. The van der Waals surface area contributed by atoms with Gasteiger partial charge >= 0.3 is 5.97 Å². The van der Waals surface area contributed by atoms with Crippen molar-refractivity contribution in [2.45, 2.75) is 39.5 Å². The minimum absolute atomic E-state index is 0.0946. The lowest BCUT2D eigenvalue weighted by molar-refractivity contribution is -0.123. The number of fused-ring (bicyclic) bond motifs is 1. The average molecular weight is 409 g/mol. The highest BCUT2D eigenvalue weighted by molar-refractivity contribution is 6.04. The third-order valence-electron chi connectivity index (χ3n) is 5.26. The van der Waals surface area contributed by atoms with Crippen molar-refractivity contribution in [3.05, 3.63) is 53.5 Å². The second-order valence-electron chi connectivity index (χ2n) is 8.67. The Morgan fingerprint density at radius 2 is 1.87 bits per heavy atom. The van der Waals surface area contributed by atoms with Crippen LogP contribution in [-0.2, 0) is 9.53 Å². The largest absolute Gasteiger partial charge is 0.465 e. The molecule has 1 amide bonds. The Labute approximate surface area is 174 Å². The van der Waals surface area contributed by atoms with Crippen molar-refractivity contribution in [1.82, 2.24) is 9.61 Å². The van der Waals surface area contributed by atoms with E-state index in [-0.39, 0.29) is 11.7 Å². The van der Waals surface area contributed by atoms with Crippen LogP contribution in [0.1, 0.15) is 55.5 Å². The minimum atomic E-state index is -0.545. The summed E-state index contributed by atoms with van der Waals surface area (Å²) in [6.07, 6.45) is 3.80. The first-order valence-electron chi connectivity index (χ1n) is 9.91. The first kappa shape index (κ1) is 20.1. The Morgan fingerprint density at radius 1 is 1.20 bits per heavy atom. The summed E-state index contributed by atoms with van der Waals surface area (Å²) in [5.41, 5.74) is 3.05. The fourth-order valence-electron chi connectivity index (χ4n) is 3.37. The van der Waals surface area contributed by atoms with Gasteiger partial charge in [0.25, 0.3) is 0 Å².